The van der Waals surface area contributed by atoms with Crippen molar-refractivity contribution < 1.29 is 23.1 Å². The Balaban J connectivity index is 1.66. The molecule has 0 saturated heterocycles. The van der Waals surface area contributed by atoms with Crippen LogP contribution in [0, 0.1) is 0 Å². The average molecular weight is 459 g/mol. The number of thiophene rings is 1. The maximum absolute atomic E-state index is 13.0. The van der Waals surface area contributed by atoms with Crippen LogP contribution < -0.4 is 5.32 Å². The summed E-state index contributed by atoms with van der Waals surface area (Å²) in [6, 6.07) is 14.8. The summed E-state index contributed by atoms with van der Waals surface area (Å²) in [6.07, 6.45) is -3.98. The van der Waals surface area contributed by atoms with Crippen molar-refractivity contribution in [2.24, 2.45) is 7.05 Å². The number of hydrogen-bond acceptors (Lipinski definition) is 4. The van der Waals surface area contributed by atoms with Gasteiger partial charge in [0.2, 0.25) is 0 Å². The number of nitrogens with zero attached hydrogens (tertiary/aromatic N) is 2. The maximum atomic E-state index is 13.0. The van der Waals surface area contributed by atoms with Crippen LogP contribution >= 0.6 is 11.3 Å². The molecule has 1 amide bonds. The first-order chi connectivity index (χ1) is 15.3. The van der Waals surface area contributed by atoms with Gasteiger partial charge in [-0.3, -0.25) is 9.48 Å². The summed E-state index contributed by atoms with van der Waals surface area (Å²) in [5, 5.41) is 16.9. The van der Waals surface area contributed by atoms with E-state index in [9.17, 15) is 18.0 Å². The Morgan fingerprint density at radius 1 is 1.16 bits per heavy atom. The first-order valence-electron chi connectivity index (χ1n) is 9.87. The van der Waals surface area contributed by atoms with Gasteiger partial charge >= 0.3 is 6.18 Å². The smallest absolute Gasteiger partial charge is 0.395 e. The van der Waals surface area contributed by atoms with E-state index in [0.717, 1.165) is 26.6 Å². The molecule has 2 aromatic heterocycles. The van der Waals surface area contributed by atoms with Crippen LogP contribution in [-0.4, -0.2) is 33.9 Å². The minimum Gasteiger partial charge on any atom is -0.395 e. The van der Waals surface area contributed by atoms with Crippen LogP contribution in [0.2, 0.25) is 0 Å². The number of nitrogens with one attached hydrogen (secondary N) is 1. The van der Waals surface area contributed by atoms with Crippen LogP contribution in [0.3, 0.4) is 0 Å². The van der Waals surface area contributed by atoms with Crippen LogP contribution in [0.25, 0.3) is 21.3 Å². The fourth-order valence-corrected chi connectivity index (χ4v) is 4.75. The zero-order chi connectivity index (χ0) is 22.9. The van der Waals surface area contributed by atoms with Crippen LogP contribution in [0.4, 0.5) is 13.2 Å². The Kier molecular flexibility index (Phi) is 6.03. The van der Waals surface area contributed by atoms with Gasteiger partial charge < -0.3 is 10.4 Å². The minimum absolute atomic E-state index is 0.152. The molecular formula is C23H20F3N3O2S. The molecule has 0 aliphatic carbocycles. The first-order valence-corrected chi connectivity index (χ1v) is 10.7. The highest BCUT2D eigenvalue weighted by atomic mass is 32.1. The molecule has 2 N–H and O–H groups in total. The summed E-state index contributed by atoms with van der Waals surface area (Å²) >= 11 is 1.50. The predicted octanol–water partition coefficient (Wildman–Crippen LogP) is 4.63. The zero-order valence-corrected chi connectivity index (χ0v) is 17.9. The Bertz CT molecular complexity index is 1280. The number of carbonyl (C=O) groups is 1. The predicted molar refractivity (Wildman–Crippen MR) is 118 cm³/mol. The van der Waals surface area contributed by atoms with Crippen molar-refractivity contribution in [3.8, 4) is 11.3 Å². The summed E-state index contributed by atoms with van der Waals surface area (Å²) in [4.78, 5) is 13.2. The second kappa shape index (κ2) is 8.76. The number of aliphatic hydroxyl groups excluding tert-OH is 1. The third-order valence-electron chi connectivity index (χ3n) is 5.01. The first kappa shape index (κ1) is 22.0. The lowest BCUT2D eigenvalue weighted by Gasteiger charge is -2.08. The van der Waals surface area contributed by atoms with Crippen molar-refractivity contribution in [1.82, 2.24) is 15.1 Å². The molecule has 166 valence electrons. The van der Waals surface area contributed by atoms with Gasteiger partial charge in [-0.15, -0.1) is 11.3 Å². The molecule has 32 heavy (non-hydrogen) atoms. The van der Waals surface area contributed by atoms with Gasteiger partial charge in [0.25, 0.3) is 5.91 Å². The maximum Gasteiger partial charge on any atom is 0.416 e. The molecule has 0 aliphatic rings. The standard InChI is InChI=1S/C23H20F3N3O2S/c1-29-20(22(31)27-8-9-30)13-19(28-29)18-7-3-5-15-12-17(32-21(15)18)11-14-4-2-6-16(10-14)23(24,25)26/h2-7,10,12-13,30H,8-9,11H2,1H3,(H,27,31). The summed E-state index contributed by atoms with van der Waals surface area (Å²) < 4.78 is 41.5. The number of fused-ring (bicyclic) bond motifs is 1. The molecule has 0 radical (unpaired) electrons. The van der Waals surface area contributed by atoms with Crippen molar-refractivity contribution in [3.63, 3.8) is 0 Å². The number of aromatic nitrogens is 2. The lowest BCUT2D eigenvalue weighted by molar-refractivity contribution is -0.137. The fourth-order valence-electron chi connectivity index (χ4n) is 3.54. The van der Waals surface area contributed by atoms with Gasteiger partial charge in [0.15, 0.2) is 0 Å². The van der Waals surface area contributed by atoms with Gasteiger partial charge in [-0.1, -0.05) is 36.4 Å². The second-order valence-electron chi connectivity index (χ2n) is 7.33. The highest BCUT2D eigenvalue weighted by Gasteiger charge is 2.30. The second-order valence-corrected chi connectivity index (χ2v) is 8.47. The molecule has 0 saturated carbocycles. The molecule has 0 unspecified atom stereocenters. The third kappa shape index (κ3) is 4.53. The van der Waals surface area contributed by atoms with Gasteiger partial charge in [0, 0.05) is 35.2 Å². The lowest BCUT2D eigenvalue weighted by atomic mass is 10.1. The van der Waals surface area contributed by atoms with Crippen molar-refractivity contribution in [1.29, 1.82) is 0 Å². The van der Waals surface area contributed by atoms with E-state index in [-0.39, 0.29) is 19.1 Å². The summed E-state index contributed by atoms with van der Waals surface area (Å²) in [6.45, 7) is -0.00163. The highest BCUT2D eigenvalue weighted by molar-refractivity contribution is 7.19. The van der Waals surface area contributed by atoms with E-state index in [0.29, 0.717) is 23.4 Å². The van der Waals surface area contributed by atoms with Crippen molar-refractivity contribution in [2.45, 2.75) is 12.6 Å². The lowest BCUT2D eigenvalue weighted by Crippen LogP contribution is -2.28. The number of amides is 1. The van der Waals surface area contributed by atoms with Gasteiger partial charge in [-0.25, -0.2) is 0 Å². The van der Waals surface area contributed by atoms with Crippen LogP contribution in [-0.2, 0) is 19.6 Å². The fraction of sp³-hybridized carbons (Fsp3) is 0.217. The molecule has 0 fully saturated rings. The Morgan fingerprint density at radius 3 is 2.69 bits per heavy atom. The SMILES string of the molecule is Cn1nc(-c2cccc3cc(Cc4cccc(C(F)(F)F)c4)sc23)cc1C(=O)NCCO. The van der Waals surface area contributed by atoms with Gasteiger partial charge in [-0.2, -0.15) is 18.3 Å². The van der Waals surface area contributed by atoms with Crippen LogP contribution in [0.5, 0.6) is 0 Å². The summed E-state index contributed by atoms with van der Waals surface area (Å²) in [7, 11) is 1.67. The van der Waals surface area contributed by atoms with Gasteiger partial charge in [0.05, 0.1) is 17.9 Å². The molecule has 4 rings (SSSR count). The number of rotatable bonds is 6. The van der Waals surface area contributed by atoms with E-state index >= 15 is 0 Å². The number of aliphatic hydroxyl groups is 1. The molecule has 0 aliphatic heterocycles. The number of alkyl halides is 3. The third-order valence-corrected chi connectivity index (χ3v) is 6.20. The Hall–Kier alpha value is -3.17. The quantitative estimate of drug-likeness (QED) is 0.442. The van der Waals surface area contributed by atoms with Crippen LogP contribution in [0.15, 0.2) is 54.6 Å². The molecule has 0 atom stereocenters. The normalized spacial score (nSPS) is 11.8. The molecule has 5 nitrogen and oxygen atoms in total. The highest BCUT2D eigenvalue weighted by Crippen LogP contribution is 2.36. The van der Waals surface area contributed by atoms with E-state index in [2.05, 4.69) is 10.4 Å². The Morgan fingerprint density at radius 2 is 1.94 bits per heavy atom. The summed E-state index contributed by atoms with van der Waals surface area (Å²) in [5.74, 6) is -0.330. The van der Waals surface area contributed by atoms with Gasteiger partial charge in [-0.05, 0) is 29.1 Å². The molecule has 9 heteroatoms. The summed E-state index contributed by atoms with van der Waals surface area (Å²) in [5.41, 5.74) is 1.77. The van der Waals surface area contributed by atoms with Crippen LogP contribution in [0.1, 0.15) is 26.5 Å². The largest absolute Gasteiger partial charge is 0.416 e. The van der Waals surface area contributed by atoms with E-state index < -0.39 is 11.7 Å². The number of carbonyl (C=O) groups excluding carboxylic acids is 1. The number of halogens is 3. The number of aryl methyl sites for hydroxylation is 1. The van der Waals surface area contributed by atoms with Crippen molar-refractivity contribution in [3.05, 3.63) is 76.3 Å². The topological polar surface area (TPSA) is 67.2 Å². The van der Waals surface area contributed by atoms with Crippen molar-refractivity contribution >= 4 is 27.3 Å². The number of benzene rings is 2. The van der Waals surface area contributed by atoms with E-state index in [4.69, 9.17) is 5.11 Å². The molecule has 2 heterocycles. The van der Waals surface area contributed by atoms with E-state index in [1.807, 2.05) is 24.3 Å². The molecular weight excluding hydrogens is 439 g/mol. The number of hydrogen-bond donors (Lipinski definition) is 2. The molecule has 0 bridgehead atoms. The zero-order valence-electron chi connectivity index (χ0n) is 17.1. The van der Waals surface area contributed by atoms with Gasteiger partial charge in [0.1, 0.15) is 5.69 Å². The molecule has 0 spiro atoms. The van der Waals surface area contributed by atoms with E-state index in [1.54, 1.807) is 19.2 Å². The van der Waals surface area contributed by atoms with E-state index in [1.165, 1.54) is 28.2 Å². The van der Waals surface area contributed by atoms with Crippen molar-refractivity contribution in [2.75, 3.05) is 13.2 Å². The molecule has 4 aromatic rings. The molecule has 2 aromatic carbocycles. The average Bonchev–Trinajstić information content (AvgIpc) is 3.34. The minimum atomic E-state index is -4.37. The Labute approximate surface area is 186 Å². The monoisotopic (exact) mass is 459 g/mol.